The number of nitrogens with one attached hydrogen (secondary N) is 1. The Morgan fingerprint density at radius 3 is 2.43 bits per heavy atom. The topological polar surface area (TPSA) is 81.9 Å². The van der Waals surface area contributed by atoms with Gasteiger partial charge in [0.15, 0.2) is 5.82 Å². The molecule has 1 N–H and O–H groups in total. The van der Waals surface area contributed by atoms with Gasteiger partial charge in [-0.2, -0.15) is 10.1 Å². The number of benzene rings is 1. The van der Waals surface area contributed by atoms with E-state index in [9.17, 15) is 4.79 Å². The molecule has 0 aliphatic heterocycles. The molecular formula is C23H27N5O2. The zero-order chi connectivity index (χ0) is 21.1. The van der Waals surface area contributed by atoms with E-state index in [1.807, 2.05) is 51.1 Å². The average molecular weight is 406 g/mol. The van der Waals surface area contributed by atoms with Crippen molar-refractivity contribution in [1.82, 2.24) is 19.7 Å². The molecule has 0 atom stereocenters. The first-order valence-electron chi connectivity index (χ1n) is 10.5. The van der Waals surface area contributed by atoms with E-state index in [0.29, 0.717) is 23.3 Å². The van der Waals surface area contributed by atoms with E-state index in [1.54, 1.807) is 10.7 Å². The van der Waals surface area contributed by atoms with Crippen LogP contribution in [0.25, 0.3) is 5.82 Å². The van der Waals surface area contributed by atoms with Gasteiger partial charge >= 0.3 is 0 Å². The summed E-state index contributed by atoms with van der Waals surface area (Å²) in [6, 6.07) is 11.1. The highest BCUT2D eigenvalue weighted by Gasteiger charge is 2.21. The van der Waals surface area contributed by atoms with Crippen molar-refractivity contribution in [2.45, 2.75) is 52.9 Å². The van der Waals surface area contributed by atoms with Gasteiger partial charge in [0.05, 0.1) is 5.69 Å². The van der Waals surface area contributed by atoms with E-state index in [-0.39, 0.29) is 11.8 Å². The van der Waals surface area contributed by atoms with E-state index in [0.717, 1.165) is 42.8 Å². The lowest BCUT2D eigenvalue weighted by atomic mass is 9.88. The number of aromatic nitrogens is 4. The predicted octanol–water partition coefficient (Wildman–Crippen LogP) is 4.90. The Morgan fingerprint density at radius 2 is 1.77 bits per heavy atom. The van der Waals surface area contributed by atoms with Crippen LogP contribution in [0.1, 0.15) is 49.3 Å². The molecule has 1 fully saturated rings. The second kappa shape index (κ2) is 8.65. The summed E-state index contributed by atoms with van der Waals surface area (Å²) in [4.78, 5) is 21.3. The molecule has 1 aliphatic rings. The van der Waals surface area contributed by atoms with Crippen LogP contribution < -0.4 is 10.1 Å². The molecule has 2 heterocycles. The van der Waals surface area contributed by atoms with Crippen molar-refractivity contribution in [2.75, 3.05) is 5.32 Å². The van der Waals surface area contributed by atoms with Crippen molar-refractivity contribution >= 4 is 11.6 Å². The highest BCUT2D eigenvalue weighted by Crippen LogP contribution is 2.26. The maximum atomic E-state index is 12.4. The molecular weight excluding hydrogens is 378 g/mol. The van der Waals surface area contributed by atoms with Crippen molar-refractivity contribution in [3.8, 4) is 17.4 Å². The molecule has 0 saturated heterocycles. The van der Waals surface area contributed by atoms with Gasteiger partial charge < -0.3 is 10.1 Å². The maximum Gasteiger partial charge on any atom is 0.227 e. The van der Waals surface area contributed by atoms with Gasteiger partial charge in [-0.3, -0.25) is 4.79 Å². The van der Waals surface area contributed by atoms with Crippen LogP contribution in [-0.4, -0.2) is 25.7 Å². The number of ether oxygens (including phenoxy) is 1. The minimum atomic E-state index is 0.115. The van der Waals surface area contributed by atoms with Gasteiger partial charge in [-0.25, -0.2) is 9.67 Å². The third kappa shape index (κ3) is 4.67. The highest BCUT2D eigenvalue weighted by atomic mass is 16.5. The number of hydrogen-bond donors (Lipinski definition) is 1. The second-order valence-electron chi connectivity index (χ2n) is 7.90. The van der Waals surface area contributed by atoms with Crippen LogP contribution in [-0.2, 0) is 4.79 Å². The van der Waals surface area contributed by atoms with E-state index in [2.05, 4.69) is 20.4 Å². The lowest BCUT2D eigenvalue weighted by Gasteiger charge is -2.20. The summed E-state index contributed by atoms with van der Waals surface area (Å²) in [5.74, 6) is 2.61. The number of carbonyl (C=O) groups is 1. The molecule has 1 aromatic carbocycles. The van der Waals surface area contributed by atoms with Gasteiger partial charge in [-0.1, -0.05) is 19.3 Å². The van der Waals surface area contributed by atoms with E-state index in [4.69, 9.17) is 4.74 Å². The minimum Gasteiger partial charge on any atom is -0.439 e. The Bertz CT molecular complexity index is 1040. The number of nitrogens with zero attached hydrogens (tertiary/aromatic N) is 4. The van der Waals surface area contributed by atoms with Gasteiger partial charge in [0, 0.05) is 23.4 Å². The molecule has 1 saturated carbocycles. The van der Waals surface area contributed by atoms with E-state index >= 15 is 0 Å². The predicted molar refractivity (Wildman–Crippen MR) is 115 cm³/mol. The summed E-state index contributed by atoms with van der Waals surface area (Å²) in [5, 5.41) is 7.50. The van der Waals surface area contributed by atoms with Crippen LogP contribution >= 0.6 is 0 Å². The quantitative estimate of drug-likeness (QED) is 0.653. The Labute approximate surface area is 176 Å². The van der Waals surface area contributed by atoms with E-state index < -0.39 is 0 Å². The molecule has 4 rings (SSSR count). The zero-order valence-corrected chi connectivity index (χ0v) is 17.7. The van der Waals surface area contributed by atoms with Gasteiger partial charge in [0.1, 0.15) is 11.6 Å². The third-order valence-corrected chi connectivity index (χ3v) is 5.35. The monoisotopic (exact) mass is 405 g/mol. The van der Waals surface area contributed by atoms with Gasteiger partial charge in [0.25, 0.3) is 0 Å². The number of anilines is 1. The fourth-order valence-corrected chi connectivity index (χ4v) is 3.88. The fourth-order valence-electron chi connectivity index (χ4n) is 3.88. The molecule has 0 spiro atoms. The lowest BCUT2D eigenvalue weighted by molar-refractivity contribution is -0.120. The molecule has 0 bridgehead atoms. The summed E-state index contributed by atoms with van der Waals surface area (Å²) in [7, 11) is 0. The van der Waals surface area contributed by atoms with Crippen LogP contribution in [0.15, 0.2) is 36.4 Å². The van der Waals surface area contributed by atoms with Gasteiger partial charge in [-0.05, 0) is 63.9 Å². The number of rotatable bonds is 5. The first-order valence-corrected chi connectivity index (χ1v) is 10.5. The van der Waals surface area contributed by atoms with Crippen LogP contribution in [0.5, 0.6) is 11.6 Å². The summed E-state index contributed by atoms with van der Waals surface area (Å²) >= 11 is 0. The highest BCUT2D eigenvalue weighted by molar-refractivity contribution is 5.92. The van der Waals surface area contributed by atoms with E-state index in [1.165, 1.54) is 6.42 Å². The van der Waals surface area contributed by atoms with Gasteiger partial charge in [-0.15, -0.1) is 0 Å². The smallest absolute Gasteiger partial charge is 0.227 e. The van der Waals surface area contributed by atoms with Crippen molar-refractivity contribution in [3.63, 3.8) is 0 Å². The standard InChI is InChI=1S/C23H27N5O2/c1-15-13-16(2)28(27-15)21-14-22(25-17(3)24-21)30-20-11-9-19(10-12-20)26-23(29)18-7-5-4-6-8-18/h9-14,18H,4-8H2,1-3H3,(H,26,29). The molecule has 156 valence electrons. The number of amides is 1. The Hall–Kier alpha value is -3.22. The zero-order valence-electron chi connectivity index (χ0n) is 17.7. The number of hydrogen-bond acceptors (Lipinski definition) is 5. The molecule has 0 radical (unpaired) electrons. The van der Waals surface area contributed by atoms with Crippen molar-refractivity contribution < 1.29 is 9.53 Å². The molecule has 3 aromatic rings. The molecule has 1 aliphatic carbocycles. The van der Waals surface area contributed by atoms with Crippen molar-refractivity contribution in [2.24, 2.45) is 5.92 Å². The van der Waals surface area contributed by atoms with Crippen LogP contribution in [0.3, 0.4) is 0 Å². The summed E-state index contributed by atoms with van der Waals surface area (Å²) in [5.41, 5.74) is 2.70. The first-order chi connectivity index (χ1) is 14.5. The van der Waals surface area contributed by atoms with Crippen LogP contribution in [0.4, 0.5) is 5.69 Å². The Balaban J connectivity index is 1.45. The number of aryl methyl sites for hydroxylation is 3. The molecule has 30 heavy (non-hydrogen) atoms. The Morgan fingerprint density at radius 1 is 1.03 bits per heavy atom. The lowest BCUT2D eigenvalue weighted by Crippen LogP contribution is -2.24. The van der Waals surface area contributed by atoms with Crippen LogP contribution in [0, 0.1) is 26.7 Å². The van der Waals surface area contributed by atoms with Crippen LogP contribution in [0.2, 0.25) is 0 Å². The average Bonchev–Trinajstić information content (AvgIpc) is 3.08. The molecule has 1 amide bonds. The summed E-state index contributed by atoms with van der Waals surface area (Å²) in [6.45, 7) is 5.76. The second-order valence-corrected chi connectivity index (χ2v) is 7.90. The van der Waals surface area contributed by atoms with Gasteiger partial charge in [0.2, 0.25) is 11.8 Å². The van der Waals surface area contributed by atoms with Crippen molar-refractivity contribution in [1.29, 1.82) is 0 Å². The fraction of sp³-hybridized carbons (Fsp3) is 0.391. The summed E-state index contributed by atoms with van der Waals surface area (Å²) < 4.78 is 7.72. The molecule has 2 aromatic heterocycles. The molecule has 0 unspecified atom stereocenters. The third-order valence-electron chi connectivity index (χ3n) is 5.35. The minimum absolute atomic E-state index is 0.115. The Kier molecular flexibility index (Phi) is 5.79. The molecule has 7 nitrogen and oxygen atoms in total. The summed E-state index contributed by atoms with van der Waals surface area (Å²) in [6.07, 6.45) is 5.49. The normalized spacial score (nSPS) is 14.5. The molecule has 7 heteroatoms. The van der Waals surface area contributed by atoms with Crippen molar-refractivity contribution in [3.05, 3.63) is 53.6 Å². The number of carbonyl (C=O) groups excluding carboxylic acids is 1. The first kappa shape index (κ1) is 20.1. The maximum absolute atomic E-state index is 12.4. The SMILES string of the molecule is Cc1cc(C)n(-c2cc(Oc3ccc(NC(=O)C4CCCCC4)cc3)nc(C)n2)n1. The largest absolute Gasteiger partial charge is 0.439 e.